The van der Waals surface area contributed by atoms with E-state index in [9.17, 15) is 14.4 Å². The van der Waals surface area contributed by atoms with Crippen LogP contribution in [0.1, 0.15) is 34.8 Å². The third-order valence-corrected chi connectivity index (χ3v) is 5.10. The van der Waals surface area contributed by atoms with Crippen LogP contribution < -0.4 is 15.8 Å². The number of esters is 1. The number of anilines is 1. The zero-order valence-electron chi connectivity index (χ0n) is 14.8. The van der Waals surface area contributed by atoms with Crippen molar-refractivity contribution in [1.82, 2.24) is 0 Å². The van der Waals surface area contributed by atoms with Crippen LogP contribution in [0.3, 0.4) is 0 Å². The number of hydrogen-bond donors (Lipinski definition) is 2. The maximum absolute atomic E-state index is 12.1. The summed E-state index contributed by atoms with van der Waals surface area (Å²) in [5.74, 6) is -1.24. The topological polar surface area (TPSA) is 108 Å². The molecular formula is C19H20N2O5S. The lowest BCUT2D eigenvalue weighted by molar-refractivity contribution is -0.155. The predicted molar refractivity (Wildman–Crippen MR) is 101 cm³/mol. The molecule has 1 heterocycles. The first-order valence-electron chi connectivity index (χ1n) is 8.56. The fourth-order valence-electron chi connectivity index (χ4n) is 2.88. The summed E-state index contributed by atoms with van der Waals surface area (Å²) in [6, 6.07) is 7.30. The Morgan fingerprint density at radius 2 is 2.00 bits per heavy atom. The quantitative estimate of drug-likeness (QED) is 0.708. The highest BCUT2D eigenvalue weighted by atomic mass is 32.1. The van der Waals surface area contributed by atoms with Gasteiger partial charge in [0.05, 0.1) is 5.56 Å². The molecule has 7 nitrogen and oxygen atoms in total. The Morgan fingerprint density at radius 1 is 1.22 bits per heavy atom. The fraction of sp³-hybridized carbons (Fsp3) is 0.316. The molecule has 142 valence electrons. The summed E-state index contributed by atoms with van der Waals surface area (Å²) in [5, 5.41) is 4.50. The van der Waals surface area contributed by atoms with Crippen molar-refractivity contribution in [2.45, 2.75) is 32.3 Å². The monoisotopic (exact) mass is 388 g/mol. The Labute approximate surface area is 160 Å². The van der Waals surface area contributed by atoms with Crippen molar-refractivity contribution in [1.29, 1.82) is 0 Å². The zero-order chi connectivity index (χ0) is 19.4. The van der Waals surface area contributed by atoms with Gasteiger partial charge in [0.2, 0.25) is 0 Å². The molecule has 27 heavy (non-hydrogen) atoms. The van der Waals surface area contributed by atoms with Crippen LogP contribution in [0, 0.1) is 0 Å². The van der Waals surface area contributed by atoms with Crippen molar-refractivity contribution in [3.8, 4) is 5.75 Å². The van der Waals surface area contributed by atoms with Crippen molar-refractivity contribution in [3.63, 3.8) is 0 Å². The molecule has 0 saturated carbocycles. The Morgan fingerprint density at radius 3 is 2.78 bits per heavy atom. The number of ether oxygens (including phenoxy) is 2. The molecule has 8 heteroatoms. The summed E-state index contributed by atoms with van der Waals surface area (Å²) in [6.45, 7) is 1.15. The first-order valence-corrected chi connectivity index (χ1v) is 9.44. The van der Waals surface area contributed by atoms with Crippen LogP contribution in [0.25, 0.3) is 0 Å². The number of carbonyl (C=O) groups is 3. The first kappa shape index (κ1) is 18.9. The van der Waals surface area contributed by atoms with Gasteiger partial charge in [-0.15, -0.1) is 11.3 Å². The van der Waals surface area contributed by atoms with Crippen LogP contribution >= 0.6 is 11.3 Å². The van der Waals surface area contributed by atoms with Crippen LogP contribution in [-0.2, 0) is 27.2 Å². The highest BCUT2D eigenvalue weighted by Crippen LogP contribution is 2.26. The van der Waals surface area contributed by atoms with Crippen LogP contribution in [0.2, 0.25) is 0 Å². The second-order valence-electron chi connectivity index (χ2n) is 6.22. The van der Waals surface area contributed by atoms with Gasteiger partial charge < -0.3 is 20.5 Å². The molecule has 1 atom stereocenters. The van der Waals surface area contributed by atoms with Gasteiger partial charge in [-0.2, -0.15) is 0 Å². The standard InChI is InChI=1S/C19H20N2O5S/c1-11(18(24)21-19-15(17(20)23)7-8-27-19)26-16(22)10-25-14-6-5-12-3-2-4-13(12)9-14/h5-9,11H,2-4,10H2,1H3,(H2,20,23)(H,21,24)/t11-/m0/s1. The summed E-state index contributed by atoms with van der Waals surface area (Å²) in [7, 11) is 0. The summed E-state index contributed by atoms with van der Waals surface area (Å²) < 4.78 is 10.6. The van der Waals surface area contributed by atoms with E-state index in [2.05, 4.69) is 5.32 Å². The average molecular weight is 388 g/mol. The third kappa shape index (κ3) is 4.65. The van der Waals surface area contributed by atoms with Gasteiger partial charge in [-0.1, -0.05) is 6.07 Å². The number of fused-ring (bicyclic) bond motifs is 1. The predicted octanol–water partition coefficient (Wildman–Crippen LogP) is 2.28. The number of primary amides is 1. The van der Waals surface area contributed by atoms with E-state index in [1.54, 1.807) is 5.38 Å². The van der Waals surface area contributed by atoms with E-state index in [-0.39, 0.29) is 12.2 Å². The summed E-state index contributed by atoms with van der Waals surface area (Å²) in [6.07, 6.45) is 2.19. The van der Waals surface area contributed by atoms with Crippen LogP contribution in [0.5, 0.6) is 5.75 Å². The molecule has 0 spiro atoms. The molecule has 2 amide bonds. The van der Waals surface area contributed by atoms with Gasteiger partial charge in [0, 0.05) is 0 Å². The molecule has 3 rings (SSSR count). The Balaban J connectivity index is 1.49. The molecule has 1 aromatic heterocycles. The van der Waals surface area contributed by atoms with Gasteiger partial charge in [-0.05, 0) is 60.9 Å². The van der Waals surface area contributed by atoms with Crippen molar-refractivity contribution in [2.75, 3.05) is 11.9 Å². The molecule has 3 N–H and O–H groups in total. The molecule has 0 saturated heterocycles. The molecule has 0 unspecified atom stereocenters. The second-order valence-corrected chi connectivity index (χ2v) is 7.14. The number of benzene rings is 1. The number of rotatable bonds is 7. The molecule has 0 aliphatic heterocycles. The molecule has 1 aliphatic rings. The van der Waals surface area contributed by atoms with E-state index >= 15 is 0 Å². The summed E-state index contributed by atoms with van der Waals surface area (Å²) >= 11 is 1.16. The Hall–Kier alpha value is -2.87. The molecule has 0 radical (unpaired) electrons. The van der Waals surface area contributed by atoms with Gasteiger partial charge in [-0.25, -0.2) is 4.79 Å². The number of nitrogens with one attached hydrogen (secondary N) is 1. The van der Waals surface area contributed by atoms with E-state index < -0.39 is 23.9 Å². The number of nitrogens with two attached hydrogens (primary N) is 1. The maximum atomic E-state index is 12.1. The molecule has 0 fully saturated rings. The van der Waals surface area contributed by atoms with Gasteiger partial charge in [0.25, 0.3) is 11.8 Å². The largest absolute Gasteiger partial charge is 0.482 e. The highest BCUT2D eigenvalue weighted by molar-refractivity contribution is 7.14. The van der Waals surface area contributed by atoms with E-state index in [0.717, 1.165) is 30.6 Å². The average Bonchev–Trinajstić information content (AvgIpc) is 3.28. The van der Waals surface area contributed by atoms with Crippen molar-refractivity contribution in [3.05, 3.63) is 46.3 Å². The lowest BCUT2D eigenvalue weighted by Gasteiger charge is -2.14. The summed E-state index contributed by atoms with van der Waals surface area (Å²) in [4.78, 5) is 35.4. The van der Waals surface area contributed by atoms with Crippen molar-refractivity contribution in [2.24, 2.45) is 5.73 Å². The fourth-order valence-corrected chi connectivity index (χ4v) is 3.67. The summed E-state index contributed by atoms with van der Waals surface area (Å²) in [5.41, 5.74) is 8.01. The minimum atomic E-state index is -1.04. The second kappa shape index (κ2) is 8.22. The molecule has 2 aromatic rings. The van der Waals surface area contributed by atoms with Crippen LogP contribution in [0.4, 0.5) is 5.00 Å². The normalized spacial score (nSPS) is 13.5. The van der Waals surface area contributed by atoms with E-state index in [4.69, 9.17) is 15.2 Å². The third-order valence-electron chi connectivity index (χ3n) is 4.27. The number of thiophene rings is 1. The number of aryl methyl sites for hydroxylation is 2. The minimum Gasteiger partial charge on any atom is -0.482 e. The SMILES string of the molecule is C[C@H](OC(=O)COc1ccc2c(c1)CCC2)C(=O)Nc1sccc1C(N)=O. The minimum absolute atomic E-state index is 0.215. The van der Waals surface area contributed by atoms with Gasteiger partial charge in [-0.3, -0.25) is 9.59 Å². The number of amides is 2. The van der Waals surface area contributed by atoms with Crippen molar-refractivity contribution < 1.29 is 23.9 Å². The highest BCUT2D eigenvalue weighted by Gasteiger charge is 2.21. The van der Waals surface area contributed by atoms with E-state index in [1.165, 1.54) is 24.1 Å². The van der Waals surface area contributed by atoms with Gasteiger partial charge in [0.1, 0.15) is 10.8 Å². The van der Waals surface area contributed by atoms with E-state index in [1.807, 2.05) is 18.2 Å². The van der Waals surface area contributed by atoms with Gasteiger partial charge in [0.15, 0.2) is 12.7 Å². The maximum Gasteiger partial charge on any atom is 0.344 e. The number of carbonyl (C=O) groups excluding carboxylic acids is 3. The Kier molecular flexibility index (Phi) is 5.75. The lowest BCUT2D eigenvalue weighted by atomic mass is 10.1. The van der Waals surface area contributed by atoms with Gasteiger partial charge >= 0.3 is 5.97 Å². The number of hydrogen-bond acceptors (Lipinski definition) is 6. The van der Waals surface area contributed by atoms with Crippen LogP contribution in [0.15, 0.2) is 29.6 Å². The van der Waals surface area contributed by atoms with E-state index in [0.29, 0.717) is 10.8 Å². The van der Waals surface area contributed by atoms with Crippen molar-refractivity contribution >= 4 is 34.1 Å². The Bertz CT molecular complexity index is 877. The zero-order valence-corrected chi connectivity index (χ0v) is 15.6. The molecular weight excluding hydrogens is 368 g/mol. The van der Waals surface area contributed by atoms with Crippen LogP contribution in [-0.4, -0.2) is 30.5 Å². The lowest BCUT2D eigenvalue weighted by Crippen LogP contribution is -2.32. The molecule has 1 aromatic carbocycles. The first-order chi connectivity index (χ1) is 12.9. The smallest absolute Gasteiger partial charge is 0.344 e. The molecule has 1 aliphatic carbocycles. The molecule has 0 bridgehead atoms.